The summed E-state index contributed by atoms with van der Waals surface area (Å²) in [6, 6.07) is 6.65. The van der Waals surface area contributed by atoms with E-state index >= 15 is 0 Å². The first-order chi connectivity index (χ1) is 10.7. The van der Waals surface area contributed by atoms with Gasteiger partial charge >= 0.3 is 0 Å². The average Bonchev–Trinajstić information content (AvgIpc) is 2.78. The minimum atomic E-state index is 0.190. The predicted molar refractivity (Wildman–Crippen MR) is 91.5 cm³/mol. The number of hydrogen-bond donors (Lipinski definition) is 2. The van der Waals surface area contributed by atoms with Gasteiger partial charge < -0.3 is 19.9 Å². The predicted octanol–water partition coefficient (Wildman–Crippen LogP) is 1.70. The Bertz CT molecular complexity index is 641. The molecule has 0 spiro atoms. The Kier molecular flexibility index (Phi) is 4.81. The molecule has 4 heteroatoms. The van der Waals surface area contributed by atoms with Gasteiger partial charge in [0, 0.05) is 55.9 Å². The van der Waals surface area contributed by atoms with Gasteiger partial charge in [0.2, 0.25) is 0 Å². The molecule has 4 nitrogen and oxygen atoms in total. The highest BCUT2D eigenvalue weighted by Gasteiger charge is 2.16. The zero-order chi connectivity index (χ0) is 15.5. The van der Waals surface area contributed by atoms with Crippen LogP contribution >= 0.6 is 0 Å². The zero-order valence-corrected chi connectivity index (χ0v) is 13.7. The van der Waals surface area contributed by atoms with Crippen molar-refractivity contribution in [2.75, 3.05) is 39.3 Å². The summed E-state index contributed by atoms with van der Waals surface area (Å²) in [5, 5.41) is 14.1. The van der Waals surface area contributed by atoms with Crippen molar-refractivity contribution < 1.29 is 5.11 Å². The van der Waals surface area contributed by atoms with Crippen molar-refractivity contribution >= 4 is 10.9 Å². The standard InChI is InChI=1S/C18H27N3O/c1-14-3-4-18-17(13-14)16(15(2)21(18)11-12-22)5-8-20-9-6-19-7-10-20/h3-4,13,19,22H,5-12H2,1-2H3. The van der Waals surface area contributed by atoms with Crippen LogP contribution in [0.2, 0.25) is 0 Å². The Hall–Kier alpha value is -1.36. The zero-order valence-electron chi connectivity index (χ0n) is 13.7. The third-order valence-corrected chi connectivity index (χ3v) is 4.82. The Morgan fingerprint density at radius 2 is 1.91 bits per heavy atom. The summed E-state index contributed by atoms with van der Waals surface area (Å²) in [6.07, 6.45) is 1.09. The van der Waals surface area contributed by atoms with E-state index < -0.39 is 0 Å². The molecule has 0 amide bonds. The molecule has 1 aromatic carbocycles. The van der Waals surface area contributed by atoms with E-state index in [1.807, 2.05) is 0 Å². The van der Waals surface area contributed by atoms with Crippen LogP contribution in [0.5, 0.6) is 0 Å². The maximum Gasteiger partial charge on any atom is 0.0610 e. The number of nitrogens with one attached hydrogen (secondary N) is 1. The molecule has 1 aromatic heterocycles. The van der Waals surface area contributed by atoms with Crippen LogP contribution in [0.15, 0.2) is 18.2 Å². The maximum absolute atomic E-state index is 9.37. The summed E-state index contributed by atoms with van der Waals surface area (Å²) in [5.41, 5.74) is 5.32. The van der Waals surface area contributed by atoms with Crippen LogP contribution in [0.3, 0.4) is 0 Å². The molecule has 1 aliphatic heterocycles. The van der Waals surface area contributed by atoms with Gasteiger partial charge in [-0.25, -0.2) is 0 Å². The topological polar surface area (TPSA) is 40.4 Å². The number of piperazine rings is 1. The highest BCUT2D eigenvalue weighted by molar-refractivity contribution is 5.86. The van der Waals surface area contributed by atoms with E-state index in [9.17, 15) is 5.11 Å². The van der Waals surface area contributed by atoms with Gasteiger partial charge in [-0.1, -0.05) is 11.6 Å². The van der Waals surface area contributed by atoms with E-state index in [2.05, 4.69) is 46.8 Å². The van der Waals surface area contributed by atoms with Crippen molar-refractivity contribution in [3.63, 3.8) is 0 Å². The quantitative estimate of drug-likeness (QED) is 0.883. The van der Waals surface area contributed by atoms with Gasteiger partial charge in [0.05, 0.1) is 6.61 Å². The van der Waals surface area contributed by atoms with E-state index in [1.54, 1.807) is 0 Å². The van der Waals surface area contributed by atoms with E-state index in [-0.39, 0.29) is 6.61 Å². The molecule has 120 valence electrons. The fraction of sp³-hybridized carbons (Fsp3) is 0.556. The number of aliphatic hydroxyl groups excluding tert-OH is 1. The molecule has 2 N–H and O–H groups in total. The molecule has 0 aliphatic carbocycles. The first-order valence-electron chi connectivity index (χ1n) is 8.33. The summed E-state index contributed by atoms with van der Waals surface area (Å²) >= 11 is 0. The van der Waals surface area contributed by atoms with Crippen LogP contribution in [-0.4, -0.2) is 53.9 Å². The summed E-state index contributed by atoms with van der Waals surface area (Å²) < 4.78 is 2.27. The van der Waals surface area contributed by atoms with Crippen molar-refractivity contribution in [1.29, 1.82) is 0 Å². The molecule has 0 unspecified atom stereocenters. The molecular formula is C18H27N3O. The molecule has 0 atom stereocenters. The Balaban J connectivity index is 1.89. The smallest absolute Gasteiger partial charge is 0.0610 e. The van der Waals surface area contributed by atoms with Crippen LogP contribution in [0.25, 0.3) is 10.9 Å². The van der Waals surface area contributed by atoms with Crippen LogP contribution in [0.4, 0.5) is 0 Å². The van der Waals surface area contributed by atoms with Crippen molar-refractivity contribution in [1.82, 2.24) is 14.8 Å². The molecule has 1 fully saturated rings. The van der Waals surface area contributed by atoms with Crippen molar-refractivity contribution in [3.8, 4) is 0 Å². The van der Waals surface area contributed by atoms with Crippen LogP contribution in [-0.2, 0) is 13.0 Å². The number of aromatic nitrogens is 1. The molecule has 2 heterocycles. The van der Waals surface area contributed by atoms with Gasteiger partial charge in [-0.15, -0.1) is 0 Å². The molecule has 1 saturated heterocycles. The number of hydrogen-bond acceptors (Lipinski definition) is 3. The van der Waals surface area contributed by atoms with Crippen molar-refractivity contribution in [2.45, 2.75) is 26.8 Å². The van der Waals surface area contributed by atoms with Crippen molar-refractivity contribution in [3.05, 3.63) is 35.0 Å². The van der Waals surface area contributed by atoms with Crippen LogP contribution < -0.4 is 5.32 Å². The van der Waals surface area contributed by atoms with E-state index in [4.69, 9.17) is 0 Å². The summed E-state index contributed by atoms with van der Waals surface area (Å²) in [5.74, 6) is 0. The second kappa shape index (κ2) is 6.82. The average molecular weight is 301 g/mol. The molecule has 0 bridgehead atoms. The number of benzene rings is 1. The van der Waals surface area contributed by atoms with Gasteiger partial charge in [-0.2, -0.15) is 0 Å². The lowest BCUT2D eigenvalue weighted by molar-refractivity contribution is 0.244. The lowest BCUT2D eigenvalue weighted by atomic mass is 10.1. The minimum Gasteiger partial charge on any atom is -0.395 e. The van der Waals surface area contributed by atoms with Gasteiger partial charge in [0.15, 0.2) is 0 Å². The lowest BCUT2D eigenvalue weighted by Gasteiger charge is -2.27. The van der Waals surface area contributed by atoms with E-state index in [0.29, 0.717) is 6.54 Å². The van der Waals surface area contributed by atoms with Crippen LogP contribution in [0, 0.1) is 13.8 Å². The Morgan fingerprint density at radius 1 is 1.14 bits per heavy atom. The SMILES string of the molecule is Cc1ccc2c(c1)c(CCN1CCNCC1)c(C)n2CCO. The van der Waals surface area contributed by atoms with Crippen molar-refractivity contribution in [2.24, 2.45) is 0 Å². The van der Waals surface area contributed by atoms with Gasteiger partial charge in [0.25, 0.3) is 0 Å². The molecule has 3 rings (SSSR count). The molecular weight excluding hydrogens is 274 g/mol. The summed E-state index contributed by atoms with van der Waals surface area (Å²) in [4.78, 5) is 2.54. The van der Waals surface area contributed by atoms with Crippen LogP contribution in [0.1, 0.15) is 16.8 Å². The number of fused-ring (bicyclic) bond motifs is 1. The Labute approximate surface area is 132 Å². The highest BCUT2D eigenvalue weighted by Crippen LogP contribution is 2.27. The van der Waals surface area contributed by atoms with E-state index in [1.165, 1.54) is 27.7 Å². The summed E-state index contributed by atoms with van der Waals surface area (Å²) in [7, 11) is 0. The van der Waals surface area contributed by atoms with E-state index in [0.717, 1.165) is 39.1 Å². The first-order valence-corrected chi connectivity index (χ1v) is 8.33. The number of aryl methyl sites for hydroxylation is 1. The molecule has 0 radical (unpaired) electrons. The second-order valence-electron chi connectivity index (χ2n) is 6.30. The molecule has 0 saturated carbocycles. The lowest BCUT2D eigenvalue weighted by Crippen LogP contribution is -2.44. The first kappa shape index (κ1) is 15.5. The molecule has 1 aliphatic rings. The molecule has 2 aromatic rings. The number of rotatable bonds is 5. The minimum absolute atomic E-state index is 0.190. The van der Waals surface area contributed by atoms with Gasteiger partial charge in [-0.05, 0) is 38.0 Å². The Morgan fingerprint density at radius 3 is 2.64 bits per heavy atom. The third-order valence-electron chi connectivity index (χ3n) is 4.82. The third kappa shape index (κ3) is 3.05. The summed E-state index contributed by atoms with van der Waals surface area (Å²) in [6.45, 7) is 10.8. The number of nitrogens with zero attached hydrogens (tertiary/aromatic N) is 2. The van der Waals surface area contributed by atoms with Gasteiger partial charge in [0.1, 0.15) is 0 Å². The number of aliphatic hydroxyl groups is 1. The molecule has 22 heavy (non-hydrogen) atoms. The highest BCUT2D eigenvalue weighted by atomic mass is 16.3. The maximum atomic E-state index is 9.37. The monoisotopic (exact) mass is 301 g/mol. The normalized spacial score (nSPS) is 16.5. The second-order valence-corrected chi connectivity index (χ2v) is 6.30. The largest absolute Gasteiger partial charge is 0.395 e. The fourth-order valence-electron chi connectivity index (χ4n) is 3.57. The van der Waals surface area contributed by atoms with Gasteiger partial charge in [-0.3, -0.25) is 0 Å². The fourth-order valence-corrected chi connectivity index (χ4v) is 3.57.